The van der Waals surface area contributed by atoms with Crippen LogP contribution in [0.25, 0.3) is 5.65 Å². The molecule has 0 fully saturated rings. The van der Waals surface area contributed by atoms with Gasteiger partial charge in [0.05, 0.1) is 18.9 Å². The van der Waals surface area contributed by atoms with Crippen molar-refractivity contribution in [3.8, 4) is 5.75 Å². The first-order valence-corrected chi connectivity index (χ1v) is 6.33. The average molecular weight is 285 g/mol. The molecule has 0 saturated heterocycles. The molecule has 0 aliphatic rings. The van der Waals surface area contributed by atoms with Crippen molar-refractivity contribution in [2.45, 2.75) is 6.42 Å². The maximum absolute atomic E-state index is 13.3. The molecule has 3 rings (SSSR count). The fraction of sp³-hybridized carbons (Fsp3) is 0.133. The first kappa shape index (κ1) is 13.2. The van der Waals surface area contributed by atoms with Gasteiger partial charge in [0.1, 0.15) is 11.6 Å². The van der Waals surface area contributed by atoms with E-state index < -0.39 is 5.82 Å². The second kappa shape index (κ2) is 5.32. The summed E-state index contributed by atoms with van der Waals surface area (Å²) in [6, 6.07) is 5.83. The number of nitrogens with zero attached hydrogens (tertiary/aromatic N) is 3. The van der Waals surface area contributed by atoms with Crippen molar-refractivity contribution in [2.75, 3.05) is 7.11 Å². The molecule has 2 heterocycles. The van der Waals surface area contributed by atoms with Crippen LogP contribution >= 0.6 is 0 Å². The summed E-state index contributed by atoms with van der Waals surface area (Å²) in [4.78, 5) is 16.5. The zero-order valence-corrected chi connectivity index (χ0v) is 11.3. The van der Waals surface area contributed by atoms with Crippen molar-refractivity contribution < 1.29 is 13.9 Å². The maximum atomic E-state index is 13.3. The van der Waals surface area contributed by atoms with Gasteiger partial charge < -0.3 is 4.74 Å². The number of carbonyl (C=O) groups is 1. The largest absolute Gasteiger partial charge is 0.496 e. The quantitative estimate of drug-likeness (QED) is 0.690. The van der Waals surface area contributed by atoms with Crippen LogP contribution in [-0.2, 0) is 6.42 Å². The standard InChI is InChI=1S/C15H12FN3O2/c1-21-14-4-3-11(16)7-10(14)8-13(20)12-9-18-19-6-2-5-17-15(12)19/h2-7,9H,8H2,1H3. The number of rotatable bonds is 4. The number of hydrogen-bond acceptors (Lipinski definition) is 4. The van der Waals surface area contributed by atoms with Crippen molar-refractivity contribution in [3.63, 3.8) is 0 Å². The van der Waals surface area contributed by atoms with Crippen LogP contribution in [-0.4, -0.2) is 27.5 Å². The third-order valence-corrected chi connectivity index (χ3v) is 3.17. The Morgan fingerprint density at radius 2 is 2.29 bits per heavy atom. The molecule has 0 aliphatic carbocycles. The minimum Gasteiger partial charge on any atom is -0.496 e. The van der Waals surface area contributed by atoms with Crippen LogP contribution in [0, 0.1) is 5.82 Å². The van der Waals surface area contributed by atoms with Crippen LogP contribution in [0.1, 0.15) is 15.9 Å². The molecule has 0 spiro atoms. The molecule has 106 valence electrons. The molecule has 21 heavy (non-hydrogen) atoms. The number of ketones is 1. The van der Waals surface area contributed by atoms with Gasteiger partial charge >= 0.3 is 0 Å². The van der Waals surface area contributed by atoms with Gasteiger partial charge in [-0.05, 0) is 24.3 Å². The second-order valence-electron chi connectivity index (χ2n) is 4.50. The normalized spacial score (nSPS) is 10.8. The minimum atomic E-state index is -0.406. The van der Waals surface area contributed by atoms with E-state index in [1.807, 2.05) is 0 Å². The van der Waals surface area contributed by atoms with Crippen molar-refractivity contribution in [2.24, 2.45) is 0 Å². The molecule has 0 radical (unpaired) electrons. The molecular weight excluding hydrogens is 273 g/mol. The number of methoxy groups -OCH3 is 1. The van der Waals surface area contributed by atoms with Crippen molar-refractivity contribution in [1.82, 2.24) is 14.6 Å². The predicted octanol–water partition coefficient (Wildman–Crippen LogP) is 2.30. The van der Waals surface area contributed by atoms with Crippen molar-refractivity contribution in [1.29, 1.82) is 0 Å². The Labute approximate surface area is 120 Å². The lowest BCUT2D eigenvalue weighted by Crippen LogP contribution is -2.06. The van der Waals surface area contributed by atoms with E-state index in [4.69, 9.17) is 4.74 Å². The number of aromatic nitrogens is 3. The summed E-state index contributed by atoms with van der Waals surface area (Å²) in [6.07, 6.45) is 4.80. The predicted molar refractivity (Wildman–Crippen MR) is 74.0 cm³/mol. The summed E-state index contributed by atoms with van der Waals surface area (Å²) in [6.45, 7) is 0. The van der Waals surface area contributed by atoms with E-state index >= 15 is 0 Å². The van der Waals surface area contributed by atoms with E-state index in [0.29, 0.717) is 22.5 Å². The SMILES string of the molecule is COc1ccc(F)cc1CC(=O)c1cnn2cccnc12. The third-order valence-electron chi connectivity index (χ3n) is 3.17. The van der Waals surface area contributed by atoms with E-state index in [1.54, 1.807) is 18.5 Å². The van der Waals surface area contributed by atoms with Gasteiger partial charge in [-0.1, -0.05) is 0 Å². The molecule has 2 aromatic heterocycles. The first-order valence-electron chi connectivity index (χ1n) is 6.33. The van der Waals surface area contributed by atoms with Crippen LogP contribution in [0.5, 0.6) is 5.75 Å². The molecule has 3 aromatic rings. The van der Waals surface area contributed by atoms with Gasteiger partial charge in [-0.15, -0.1) is 0 Å². The average Bonchev–Trinajstić information content (AvgIpc) is 2.91. The van der Waals surface area contributed by atoms with Crippen LogP contribution in [0.15, 0.2) is 42.9 Å². The first-order chi connectivity index (χ1) is 10.2. The lowest BCUT2D eigenvalue weighted by atomic mass is 10.0. The Morgan fingerprint density at radius 1 is 1.43 bits per heavy atom. The van der Waals surface area contributed by atoms with Crippen LogP contribution in [0.3, 0.4) is 0 Å². The lowest BCUT2D eigenvalue weighted by molar-refractivity contribution is 0.0993. The molecule has 1 aromatic carbocycles. The number of ether oxygens (including phenoxy) is 1. The van der Waals surface area contributed by atoms with E-state index in [0.717, 1.165) is 0 Å². The second-order valence-corrected chi connectivity index (χ2v) is 4.50. The lowest BCUT2D eigenvalue weighted by Gasteiger charge is -2.07. The Kier molecular flexibility index (Phi) is 3.35. The monoisotopic (exact) mass is 285 g/mol. The van der Waals surface area contributed by atoms with Crippen LogP contribution < -0.4 is 4.74 Å². The summed E-state index contributed by atoms with van der Waals surface area (Å²) in [5.74, 6) is -0.113. The van der Waals surface area contributed by atoms with E-state index in [1.165, 1.54) is 36.0 Å². The zero-order chi connectivity index (χ0) is 14.8. The molecule has 0 saturated carbocycles. The van der Waals surface area contributed by atoms with Crippen LogP contribution in [0.2, 0.25) is 0 Å². The molecule has 5 nitrogen and oxygen atoms in total. The van der Waals surface area contributed by atoms with Gasteiger partial charge in [-0.3, -0.25) is 4.79 Å². The number of carbonyl (C=O) groups excluding carboxylic acids is 1. The smallest absolute Gasteiger partial charge is 0.172 e. The summed E-state index contributed by atoms with van der Waals surface area (Å²) >= 11 is 0. The molecule has 0 bridgehead atoms. The van der Waals surface area contributed by atoms with Crippen molar-refractivity contribution >= 4 is 11.4 Å². The number of benzene rings is 1. The Balaban J connectivity index is 1.95. The topological polar surface area (TPSA) is 56.5 Å². The molecule has 0 N–H and O–H groups in total. The van der Waals surface area contributed by atoms with E-state index in [-0.39, 0.29) is 12.2 Å². The summed E-state index contributed by atoms with van der Waals surface area (Å²) in [7, 11) is 1.48. The highest BCUT2D eigenvalue weighted by atomic mass is 19.1. The maximum Gasteiger partial charge on any atom is 0.172 e. The number of hydrogen-bond donors (Lipinski definition) is 0. The third kappa shape index (κ3) is 2.47. The molecule has 0 unspecified atom stereocenters. The zero-order valence-electron chi connectivity index (χ0n) is 11.3. The summed E-state index contributed by atoms with van der Waals surface area (Å²) in [5, 5.41) is 4.07. The van der Waals surface area contributed by atoms with E-state index in [9.17, 15) is 9.18 Å². The summed E-state index contributed by atoms with van der Waals surface area (Å²) < 4.78 is 20.0. The fourth-order valence-electron chi connectivity index (χ4n) is 2.18. The Bertz CT molecular complexity index is 814. The highest BCUT2D eigenvalue weighted by molar-refractivity contribution is 6.02. The minimum absolute atomic E-state index is 0.0266. The number of Topliss-reactive ketones (excluding diaryl/α,β-unsaturated/α-hetero) is 1. The highest BCUT2D eigenvalue weighted by Crippen LogP contribution is 2.22. The van der Waals surface area contributed by atoms with Gasteiger partial charge in [-0.25, -0.2) is 13.9 Å². The Morgan fingerprint density at radius 3 is 3.10 bits per heavy atom. The van der Waals surface area contributed by atoms with Crippen LogP contribution in [0.4, 0.5) is 4.39 Å². The summed E-state index contributed by atoms with van der Waals surface area (Å²) in [5.41, 5.74) is 1.39. The van der Waals surface area contributed by atoms with Gasteiger partial charge in [-0.2, -0.15) is 5.10 Å². The number of fused-ring (bicyclic) bond motifs is 1. The van der Waals surface area contributed by atoms with Gasteiger partial charge in [0.25, 0.3) is 0 Å². The van der Waals surface area contributed by atoms with Crippen molar-refractivity contribution in [3.05, 3.63) is 59.8 Å². The Hall–Kier alpha value is -2.76. The molecule has 0 atom stereocenters. The molecule has 0 amide bonds. The molecular formula is C15H12FN3O2. The van der Waals surface area contributed by atoms with Gasteiger partial charge in [0.2, 0.25) is 0 Å². The highest BCUT2D eigenvalue weighted by Gasteiger charge is 2.16. The van der Waals surface area contributed by atoms with Gasteiger partial charge in [0, 0.05) is 24.4 Å². The number of halogens is 1. The molecule has 0 aliphatic heterocycles. The van der Waals surface area contributed by atoms with Gasteiger partial charge in [0.15, 0.2) is 11.4 Å². The fourth-order valence-corrected chi connectivity index (χ4v) is 2.18. The molecule has 6 heteroatoms. The van der Waals surface area contributed by atoms with E-state index in [2.05, 4.69) is 10.1 Å².